The molecule has 0 spiro atoms. The van der Waals surface area contributed by atoms with Crippen LogP contribution >= 0.6 is 27.7 Å². The molecule has 92 valence electrons. The van der Waals surface area contributed by atoms with Gasteiger partial charge in [0.1, 0.15) is 0 Å². The molecule has 0 aromatic carbocycles. The molecule has 3 nitrogen and oxygen atoms in total. The molecule has 0 bridgehead atoms. The van der Waals surface area contributed by atoms with Gasteiger partial charge in [0.25, 0.3) is 0 Å². The van der Waals surface area contributed by atoms with E-state index in [0.717, 1.165) is 33.8 Å². The first kappa shape index (κ1) is 12.9. The van der Waals surface area contributed by atoms with E-state index in [-0.39, 0.29) is 11.8 Å². The normalized spacial score (nSPS) is 16.8. The summed E-state index contributed by atoms with van der Waals surface area (Å²) in [4.78, 5) is 15.2. The van der Waals surface area contributed by atoms with Crippen molar-refractivity contribution in [1.82, 2.24) is 4.98 Å². The first-order valence-corrected chi connectivity index (χ1v) is 7.26. The average Bonchev–Trinajstić information content (AvgIpc) is 2.99. The molecule has 2 rings (SSSR count). The van der Waals surface area contributed by atoms with Crippen molar-refractivity contribution in [3.63, 3.8) is 0 Å². The van der Waals surface area contributed by atoms with E-state index in [0.29, 0.717) is 0 Å². The highest BCUT2D eigenvalue weighted by Gasteiger charge is 2.44. The topological polar surface area (TPSA) is 50.2 Å². The summed E-state index contributed by atoms with van der Waals surface area (Å²) in [5.41, 5.74) is 0.997. The molecule has 1 aromatic heterocycles. The molecule has 1 aliphatic rings. The number of aromatic nitrogens is 1. The lowest BCUT2D eigenvalue weighted by Gasteiger charge is -2.11. The van der Waals surface area contributed by atoms with Crippen molar-refractivity contribution in [2.45, 2.75) is 31.2 Å². The maximum atomic E-state index is 10.7. The van der Waals surface area contributed by atoms with E-state index in [4.69, 9.17) is 5.11 Å². The van der Waals surface area contributed by atoms with Crippen molar-refractivity contribution in [3.05, 3.63) is 22.3 Å². The van der Waals surface area contributed by atoms with Crippen LogP contribution in [0.1, 0.15) is 25.0 Å². The molecule has 0 radical (unpaired) electrons. The Bertz CT molecular complexity index is 446. The Hall–Kier alpha value is -0.550. The molecule has 1 N–H and O–H groups in total. The third-order valence-electron chi connectivity index (χ3n) is 3.01. The summed E-state index contributed by atoms with van der Waals surface area (Å²) in [5, 5.41) is 9.81. The molecule has 0 atom stereocenters. The van der Waals surface area contributed by atoms with Crippen molar-refractivity contribution in [3.8, 4) is 0 Å². The van der Waals surface area contributed by atoms with Gasteiger partial charge in [0.15, 0.2) is 0 Å². The highest BCUT2D eigenvalue weighted by Crippen LogP contribution is 2.51. The second kappa shape index (κ2) is 4.98. The van der Waals surface area contributed by atoms with Crippen LogP contribution in [0, 0.1) is 12.3 Å². The van der Waals surface area contributed by atoms with Gasteiger partial charge in [0.05, 0.1) is 17.1 Å². The number of aliphatic carboxylic acids is 1. The molecule has 0 unspecified atom stereocenters. The summed E-state index contributed by atoms with van der Waals surface area (Å²) in [6.07, 6.45) is 2.35. The summed E-state index contributed by atoms with van der Waals surface area (Å²) in [6, 6.07) is 3.96. The highest BCUT2D eigenvalue weighted by molar-refractivity contribution is 9.10. The molecule has 1 aliphatic carbocycles. The number of rotatable bonds is 5. The Morgan fingerprint density at radius 2 is 2.29 bits per heavy atom. The molecule has 0 saturated heterocycles. The largest absolute Gasteiger partial charge is 0.481 e. The number of carbonyl (C=O) groups is 1. The van der Waals surface area contributed by atoms with Gasteiger partial charge in [-0.05, 0) is 53.2 Å². The fraction of sp³-hybridized carbons (Fsp3) is 0.500. The molecule has 1 fully saturated rings. The number of thioether (sulfide) groups is 1. The minimum absolute atomic E-state index is 0.0269. The Morgan fingerprint density at radius 1 is 1.59 bits per heavy atom. The predicted octanol–water partition coefficient (Wildman–Crippen LogP) is 3.50. The van der Waals surface area contributed by atoms with E-state index < -0.39 is 5.97 Å². The fourth-order valence-corrected chi connectivity index (χ4v) is 3.13. The molecular formula is C12H14BrNO2S. The van der Waals surface area contributed by atoms with Crippen molar-refractivity contribution in [2.75, 3.05) is 5.75 Å². The summed E-state index contributed by atoms with van der Waals surface area (Å²) in [5.74, 6) is 0.163. The zero-order valence-electron chi connectivity index (χ0n) is 9.57. The van der Waals surface area contributed by atoms with Crippen LogP contribution in [0.15, 0.2) is 21.6 Å². The van der Waals surface area contributed by atoms with E-state index in [1.807, 2.05) is 19.1 Å². The maximum absolute atomic E-state index is 10.7. The SMILES string of the molecule is Cc1nc(SCC2(CC(=O)O)CC2)ccc1Br. The summed E-state index contributed by atoms with van der Waals surface area (Å²) in [6.45, 7) is 1.96. The van der Waals surface area contributed by atoms with Gasteiger partial charge < -0.3 is 5.11 Å². The maximum Gasteiger partial charge on any atom is 0.303 e. The Labute approximate surface area is 113 Å². The lowest BCUT2D eigenvalue weighted by molar-refractivity contribution is -0.138. The lowest BCUT2D eigenvalue weighted by Crippen LogP contribution is -2.11. The number of pyridine rings is 1. The molecule has 1 aromatic rings. The van der Waals surface area contributed by atoms with E-state index in [1.165, 1.54) is 0 Å². The Kier molecular flexibility index (Phi) is 3.78. The first-order valence-electron chi connectivity index (χ1n) is 5.49. The summed E-state index contributed by atoms with van der Waals surface area (Å²) in [7, 11) is 0. The van der Waals surface area contributed by atoms with Crippen LogP contribution in [0.2, 0.25) is 0 Å². The van der Waals surface area contributed by atoms with Crippen LogP contribution in [0.5, 0.6) is 0 Å². The van der Waals surface area contributed by atoms with E-state index in [1.54, 1.807) is 11.8 Å². The quantitative estimate of drug-likeness (QED) is 0.845. The minimum Gasteiger partial charge on any atom is -0.481 e. The van der Waals surface area contributed by atoms with Gasteiger partial charge in [0, 0.05) is 10.2 Å². The van der Waals surface area contributed by atoms with Gasteiger partial charge in [0.2, 0.25) is 0 Å². The Morgan fingerprint density at radius 3 is 2.82 bits per heavy atom. The average molecular weight is 316 g/mol. The van der Waals surface area contributed by atoms with Gasteiger partial charge in [-0.15, -0.1) is 11.8 Å². The molecule has 17 heavy (non-hydrogen) atoms. The minimum atomic E-state index is -0.692. The third kappa shape index (κ3) is 3.45. The lowest BCUT2D eigenvalue weighted by atomic mass is 10.1. The monoisotopic (exact) mass is 315 g/mol. The first-order chi connectivity index (χ1) is 8.01. The van der Waals surface area contributed by atoms with E-state index >= 15 is 0 Å². The summed E-state index contributed by atoms with van der Waals surface area (Å²) >= 11 is 5.07. The zero-order valence-corrected chi connectivity index (χ0v) is 12.0. The van der Waals surface area contributed by atoms with Gasteiger partial charge in [-0.25, -0.2) is 4.98 Å². The number of carboxylic acids is 1. The molecular weight excluding hydrogens is 302 g/mol. The smallest absolute Gasteiger partial charge is 0.303 e. The van der Waals surface area contributed by atoms with E-state index in [2.05, 4.69) is 20.9 Å². The number of nitrogens with zero attached hydrogens (tertiary/aromatic N) is 1. The number of aryl methyl sites for hydroxylation is 1. The van der Waals surface area contributed by atoms with Crippen LogP contribution < -0.4 is 0 Å². The van der Waals surface area contributed by atoms with Crippen molar-refractivity contribution in [2.24, 2.45) is 5.41 Å². The Balaban J connectivity index is 1.94. The number of halogens is 1. The second-order valence-electron chi connectivity index (χ2n) is 4.58. The van der Waals surface area contributed by atoms with Crippen LogP contribution in [-0.2, 0) is 4.79 Å². The van der Waals surface area contributed by atoms with Crippen molar-refractivity contribution in [1.29, 1.82) is 0 Å². The van der Waals surface area contributed by atoms with E-state index in [9.17, 15) is 4.79 Å². The van der Waals surface area contributed by atoms with Crippen LogP contribution in [0.25, 0.3) is 0 Å². The highest BCUT2D eigenvalue weighted by atomic mass is 79.9. The van der Waals surface area contributed by atoms with Crippen LogP contribution in [0.4, 0.5) is 0 Å². The fourth-order valence-electron chi connectivity index (χ4n) is 1.70. The third-order valence-corrected chi connectivity index (χ3v) is 5.12. The summed E-state index contributed by atoms with van der Waals surface area (Å²) < 4.78 is 1.01. The van der Waals surface area contributed by atoms with Crippen molar-refractivity contribution >= 4 is 33.7 Å². The number of hydrogen-bond acceptors (Lipinski definition) is 3. The molecule has 1 saturated carbocycles. The standard InChI is InChI=1S/C12H14BrNO2S/c1-8-9(13)2-3-10(14-8)17-7-12(4-5-12)6-11(15)16/h2-3H,4-7H2,1H3,(H,15,16). The van der Waals surface area contributed by atoms with Crippen LogP contribution in [-0.4, -0.2) is 21.8 Å². The molecule has 5 heteroatoms. The van der Waals surface area contributed by atoms with Gasteiger partial charge >= 0.3 is 5.97 Å². The van der Waals surface area contributed by atoms with Gasteiger partial charge in [-0.3, -0.25) is 4.79 Å². The van der Waals surface area contributed by atoms with Gasteiger partial charge in [-0.1, -0.05) is 0 Å². The van der Waals surface area contributed by atoms with Gasteiger partial charge in [-0.2, -0.15) is 0 Å². The number of hydrogen-bond donors (Lipinski definition) is 1. The molecule has 1 heterocycles. The number of carboxylic acid groups (broad SMARTS) is 1. The predicted molar refractivity (Wildman–Crippen MR) is 71.3 cm³/mol. The molecule has 0 amide bonds. The van der Waals surface area contributed by atoms with Crippen molar-refractivity contribution < 1.29 is 9.90 Å². The molecule has 0 aliphatic heterocycles. The second-order valence-corrected chi connectivity index (χ2v) is 6.43. The zero-order chi connectivity index (χ0) is 12.5. The van der Waals surface area contributed by atoms with Crippen LogP contribution in [0.3, 0.4) is 0 Å².